The Labute approximate surface area is 123 Å². The van der Waals surface area contributed by atoms with Crippen LogP contribution in [-0.4, -0.2) is 17.8 Å². The number of carbonyl (C=O) groups excluding carboxylic acids is 1. The number of para-hydroxylation sites is 1. The van der Waals surface area contributed by atoms with Crippen LogP contribution in [0.2, 0.25) is 0 Å². The van der Waals surface area contributed by atoms with Gasteiger partial charge < -0.3 is 9.84 Å². The van der Waals surface area contributed by atoms with Crippen LogP contribution in [-0.2, 0) is 0 Å². The molecule has 0 aromatic heterocycles. The molecule has 2 aromatic rings. The number of hydrogen-bond acceptors (Lipinski definition) is 3. The third-order valence-electron chi connectivity index (χ3n) is 2.73. The van der Waals surface area contributed by atoms with Crippen molar-refractivity contribution < 1.29 is 14.6 Å². The molecule has 0 aliphatic carbocycles. The van der Waals surface area contributed by atoms with E-state index in [9.17, 15) is 4.79 Å². The number of amides is 1. The molecule has 0 spiro atoms. The normalized spacial score (nSPS) is 9.43. The molecule has 2 rings (SSSR count). The number of carbonyl (C=O) groups is 1. The molecule has 0 heterocycles. The van der Waals surface area contributed by atoms with E-state index >= 15 is 0 Å². The van der Waals surface area contributed by atoms with Crippen LogP contribution >= 0.6 is 0 Å². The van der Waals surface area contributed by atoms with Crippen LogP contribution in [0.4, 0.5) is 10.5 Å². The highest BCUT2D eigenvalue weighted by Crippen LogP contribution is 2.15. The summed E-state index contributed by atoms with van der Waals surface area (Å²) in [7, 11) is 0. The van der Waals surface area contributed by atoms with Crippen LogP contribution in [0, 0.1) is 18.8 Å². The summed E-state index contributed by atoms with van der Waals surface area (Å²) in [5.41, 5.74) is 2.35. The fourth-order valence-corrected chi connectivity index (χ4v) is 1.76. The minimum Gasteiger partial charge on any atom is -0.410 e. The largest absolute Gasteiger partial charge is 0.417 e. The van der Waals surface area contributed by atoms with Crippen LogP contribution < -0.4 is 10.1 Å². The second kappa shape index (κ2) is 7.13. The highest BCUT2D eigenvalue weighted by atomic mass is 16.6. The van der Waals surface area contributed by atoms with Gasteiger partial charge in [-0.25, -0.2) is 4.79 Å². The summed E-state index contributed by atoms with van der Waals surface area (Å²) in [4.78, 5) is 11.8. The molecule has 4 nitrogen and oxygen atoms in total. The van der Waals surface area contributed by atoms with Crippen molar-refractivity contribution >= 4 is 11.8 Å². The van der Waals surface area contributed by atoms with Crippen molar-refractivity contribution in [1.82, 2.24) is 0 Å². The molecule has 0 atom stereocenters. The number of aliphatic hydroxyl groups excluding tert-OH is 1. The average molecular weight is 281 g/mol. The first-order valence-corrected chi connectivity index (χ1v) is 6.43. The lowest BCUT2D eigenvalue weighted by atomic mass is 10.1. The Balaban J connectivity index is 2.03. The van der Waals surface area contributed by atoms with E-state index in [1.165, 1.54) is 0 Å². The highest BCUT2D eigenvalue weighted by Gasteiger charge is 2.05. The summed E-state index contributed by atoms with van der Waals surface area (Å²) in [5, 5.41) is 11.3. The zero-order valence-corrected chi connectivity index (χ0v) is 11.6. The summed E-state index contributed by atoms with van der Waals surface area (Å²) in [6.45, 7) is 1.71. The molecule has 106 valence electrons. The molecule has 1 amide bonds. The number of aliphatic hydroxyl groups is 1. The van der Waals surface area contributed by atoms with Crippen molar-refractivity contribution in [2.24, 2.45) is 0 Å². The molecular weight excluding hydrogens is 266 g/mol. The third-order valence-corrected chi connectivity index (χ3v) is 2.73. The molecule has 0 fully saturated rings. The fourth-order valence-electron chi connectivity index (χ4n) is 1.76. The smallest absolute Gasteiger partial charge is 0.410 e. The lowest BCUT2D eigenvalue weighted by Gasteiger charge is -2.08. The third kappa shape index (κ3) is 4.37. The lowest BCUT2D eigenvalue weighted by Crippen LogP contribution is -2.16. The van der Waals surface area contributed by atoms with Gasteiger partial charge >= 0.3 is 6.09 Å². The molecule has 2 aromatic carbocycles. The van der Waals surface area contributed by atoms with Crippen LogP contribution in [0.25, 0.3) is 0 Å². The van der Waals surface area contributed by atoms with E-state index in [2.05, 4.69) is 17.2 Å². The molecule has 0 saturated heterocycles. The molecule has 0 radical (unpaired) electrons. The van der Waals surface area contributed by atoms with Gasteiger partial charge in [0, 0.05) is 11.3 Å². The Morgan fingerprint density at radius 1 is 1.24 bits per heavy atom. The molecule has 0 aliphatic rings. The molecule has 21 heavy (non-hydrogen) atoms. The van der Waals surface area contributed by atoms with Gasteiger partial charge in [-0.3, -0.25) is 5.32 Å². The Morgan fingerprint density at radius 2 is 2.00 bits per heavy atom. The van der Waals surface area contributed by atoms with Crippen molar-refractivity contribution in [1.29, 1.82) is 0 Å². The first-order chi connectivity index (χ1) is 10.2. The number of benzene rings is 2. The van der Waals surface area contributed by atoms with Crippen molar-refractivity contribution in [2.45, 2.75) is 6.92 Å². The Bertz CT molecular complexity index is 684. The predicted octanol–water partition coefficient (Wildman–Crippen LogP) is 2.95. The van der Waals surface area contributed by atoms with Gasteiger partial charge in [0.25, 0.3) is 0 Å². The number of anilines is 1. The van der Waals surface area contributed by atoms with Crippen LogP contribution in [0.15, 0.2) is 48.5 Å². The summed E-state index contributed by atoms with van der Waals surface area (Å²) >= 11 is 0. The maximum Gasteiger partial charge on any atom is 0.417 e. The minimum atomic E-state index is -0.546. The maximum atomic E-state index is 11.8. The fraction of sp³-hybridized carbons (Fsp3) is 0.118. The highest BCUT2D eigenvalue weighted by molar-refractivity contribution is 5.86. The van der Waals surface area contributed by atoms with Gasteiger partial charge in [-0.2, -0.15) is 0 Å². The van der Waals surface area contributed by atoms with Gasteiger partial charge in [0.05, 0.1) is 0 Å². The van der Waals surface area contributed by atoms with E-state index in [0.29, 0.717) is 11.4 Å². The SMILES string of the molecule is Cc1cc(NC(=O)Oc2ccccc2)ccc1C#CCO. The molecular formula is C17H15NO3. The van der Waals surface area contributed by atoms with Gasteiger partial charge in [-0.1, -0.05) is 30.0 Å². The number of aryl methyl sites for hydroxylation is 1. The summed E-state index contributed by atoms with van der Waals surface area (Å²) in [6, 6.07) is 14.2. The minimum absolute atomic E-state index is 0.178. The van der Waals surface area contributed by atoms with Crippen LogP contribution in [0.5, 0.6) is 5.75 Å². The van der Waals surface area contributed by atoms with Crippen molar-refractivity contribution in [3.8, 4) is 17.6 Å². The van der Waals surface area contributed by atoms with E-state index in [0.717, 1.165) is 11.1 Å². The predicted molar refractivity (Wildman–Crippen MR) is 81.2 cm³/mol. The van der Waals surface area contributed by atoms with E-state index < -0.39 is 6.09 Å². The lowest BCUT2D eigenvalue weighted by molar-refractivity contribution is 0.215. The van der Waals surface area contributed by atoms with E-state index in [-0.39, 0.29) is 6.61 Å². The van der Waals surface area contributed by atoms with Crippen molar-refractivity contribution in [3.05, 3.63) is 59.7 Å². The summed E-state index contributed by atoms with van der Waals surface area (Å²) < 4.78 is 5.14. The number of ether oxygens (including phenoxy) is 1. The standard InChI is InChI=1S/C17H15NO3/c1-13-12-15(10-9-14(13)6-5-11-19)18-17(20)21-16-7-3-2-4-8-16/h2-4,7-10,12,19H,11H2,1H3,(H,18,20). The van der Waals surface area contributed by atoms with Gasteiger partial charge in [-0.15, -0.1) is 0 Å². The van der Waals surface area contributed by atoms with Gasteiger partial charge in [0.15, 0.2) is 0 Å². The molecule has 0 saturated carbocycles. The number of nitrogens with one attached hydrogen (secondary N) is 1. The van der Waals surface area contributed by atoms with Gasteiger partial charge in [0.1, 0.15) is 12.4 Å². The number of rotatable bonds is 2. The second-order valence-electron chi connectivity index (χ2n) is 4.32. The Hall–Kier alpha value is -2.77. The van der Waals surface area contributed by atoms with Crippen molar-refractivity contribution in [2.75, 3.05) is 11.9 Å². The quantitative estimate of drug-likeness (QED) is 0.832. The molecule has 0 unspecified atom stereocenters. The first kappa shape index (κ1) is 14.6. The number of hydrogen-bond donors (Lipinski definition) is 2. The Kier molecular flexibility index (Phi) is 4.97. The van der Waals surface area contributed by atoms with Crippen LogP contribution in [0.3, 0.4) is 0 Å². The molecule has 0 aliphatic heterocycles. The average Bonchev–Trinajstić information content (AvgIpc) is 2.47. The zero-order valence-electron chi connectivity index (χ0n) is 11.6. The van der Waals surface area contributed by atoms with E-state index in [1.807, 2.05) is 13.0 Å². The molecule has 2 N–H and O–H groups in total. The van der Waals surface area contributed by atoms with Gasteiger partial charge in [-0.05, 0) is 42.8 Å². The van der Waals surface area contributed by atoms with Crippen LogP contribution in [0.1, 0.15) is 11.1 Å². The molecule has 0 bridgehead atoms. The zero-order chi connectivity index (χ0) is 15.1. The topological polar surface area (TPSA) is 58.6 Å². The second-order valence-corrected chi connectivity index (χ2v) is 4.32. The monoisotopic (exact) mass is 281 g/mol. The Morgan fingerprint density at radius 3 is 2.67 bits per heavy atom. The van der Waals surface area contributed by atoms with E-state index in [1.54, 1.807) is 42.5 Å². The van der Waals surface area contributed by atoms with Gasteiger partial charge in [0.2, 0.25) is 0 Å². The first-order valence-electron chi connectivity index (χ1n) is 6.43. The summed E-state index contributed by atoms with van der Waals surface area (Å²) in [5.74, 6) is 5.91. The van der Waals surface area contributed by atoms with E-state index in [4.69, 9.17) is 9.84 Å². The summed E-state index contributed by atoms with van der Waals surface area (Å²) in [6.07, 6.45) is -0.546. The molecule has 4 heteroatoms. The van der Waals surface area contributed by atoms with Crippen molar-refractivity contribution in [3.63, 3.8) is 0 Å². The maximum absolute atomic E-state index is 11.8.